The average molecular weight is 284 g/mol. The third-order valence-corrected chi connectivity index (χ3v) is 3.07. The fourth-order valence-corrected chi connectivity index (χ4v) is 2.16. The van der Waals surface area contributed by atoms with E-state index in [-0.39, 0.29) is 0 Å². The monoisotopic (exact) mass is 284 g/mol. The number of nitrogens with zero attached hydrogens (tertiary/aromatic N) is 2. The van der Waals surface area contributed by atoms with Gasteiger partial charge in [-0.25, -0.2) is 9.78 Å². The van der Waals surface area contributed by atoms with Gasteiger partial charge in [0.15, 0.2) is 0 Å². The molecule has 0 bridgehead atoms. The van der Waals surface area contributed by atoms with E-state index in [0.717, 1.165) is 23.1 Å². The van der Waals surface area contributed by atoms with Crippen LogP contribution in [0.4, 0.5) is 10.7 Å². The zero-order valence-electron chi connectivity index (χ0n) is 11.7. The van der Waals surface area contributed by atoms with Gasteiger partial charge in [-0.15, -0.1) is 0 Å². The summed E-state index contributed by atoms with van der Waals surface area (Å²) < 4.78 is 6.91. The Bertz CT molecular complexity index is 746. The number of nitrogens with one attached hydrogen (secondary N) is 2. The maximum absolute atomic E-state index is 11.4. The molecule has 21 heavy (non-hydrogen) atoms. The highest BCUT2D eigenvalue weighted by Crippen LogP contribution is 2.17. The van der Waals surface area contributed by atoms with Crippen molar-refractivity contribution in [3.05, 3.63) is 48.3 Å². The van der Waals surface area contributed by atoms with Gasteiger partial charge in [-0.2, -0.15) is 0 Å². The molecule has 0 aliphatic carbocycles. The van der Waals surface area contributed by atoms with E-state index in [2.05, 4.69) is 19.9 Å². The number of anilines is 1. The Balaban J connectivity index is 1.80. The molecule has 6 heteroatoms. The molecule has 2 N–H and O–H groups in total. The molecule has 3 rings (SSSR count). The van der Waals surface area contributed by atoms with Crippen LogP contribution in [0.2, 0.25) is 0 Å². The van der Waals surface area contributed by atoms with E-state index < -0.39 is 6.09 Å². The van der Waals surface area contributed by atoms with Gasteiger partial charge in [-0.3, -0.25) is 5.32 Å². The van der Waals surface area contributed by atoms with Crippen LogP contribution in [0, 0.1) is 0 Å². The van der Waals surface area contributed by atoms with Crippen LogP contribution in [0.25, 0.3) is 11.0 Å². The first kappa shape index (κ1) is 13.2. The number of ether oxygens (including phenoxy) is 1. The minimum atomic E-state index is -0.510. The molecule has 0 unspecified atom stereocenters. The van der Waals surface area contributed by atoms with Crippen LogP contribution in [0.3, 0.4) is 0 Å². The summed E-state index contributed by atoms with van der Waals surface area (Å²) in [6.45, 7) is 2.88. The number of rotatable bonds is 4. The standard InChI is InChI=1S/C15H16N4O2/c1-2-21-15(20)18-14-16-12-6-5-11(9-13(12)17-14)10-19-7-3-4-8-19/h3-9H,2,10H2,1H3,(H2,16,17,18,20). The van der Waals surface area contributed by atoms with E-state index in [4.69, 9.17) is 4.74 Å². The van der Waals surface area contributed by atoms with Gasteiger partial charge in [-0.05, 0) is 36.8 Å². The highest BCUT2D eigenvalue weighted by Gasteiger charge is 2.07. The van der Waals surface area contributed by atoms with E-state index in [1.807, 2.05) is 42.7 Å². The fraction of sp³-hybridized carbons (Fsp3) is 0.200. The highest BCUT2D eigenvalue weighted by molar-refractivity contribution is 5.86. The Morgan fingerprint density at radius 2 is 2.19 bits per heavy atom. The Hall–Kier alpha value is -2.76. The van der Waals surface area contributed by atoms with E-state index in [9.17, 15) is 4.79 Å². The van der Waals surface area contributed by atoms with Crippen molar-refractivity contribution in [3.63, 3.8) is 0 Å². The van der Waals surface area contributed by atoms with Crippen LogP contribution in [-0.2, 0) is 11.3 Å². The van der Waals surface area contributed by atoms with Crippen LogP contribution >= 0.6 is 0 Å². The molecule has 0 atom stereocenters. The van der Waals surface area contributed by atoms with E-state index >= 15 is 0 Å². The summed E-state index contributed by atoms with van der Waals surface area (Å²) in [5, 5.41) is 2.56. The topological polar surface area (TPSA) is 71.9 Å². The minimum absolute atomic E-state index is 0.326. The number of hydrogen-bond acceptors (Lipinski definition) is 3. The summed E-state index contributed by atoms with van der Waals surface area (Å²) in [4.78, 5) is 18.7. The summed E-state index contributed by atoms with van der Waals surface area (Å²) in [5.74, 6) is 0.390. The highest BCUT2D eigenvalue weighted by atomic mass is 16.5. The van der Waals surface area contributed by atoms with Crippen LogP contribution in [0.15, 0.2) is 42.7 Å². The Morgan fingerprint density at radius 3 is 2.95 bits per heavy atom. The van der Waals surface area contributed by atoms with E-state index in [1.165, 1.54) is 0 Å². The second-order valence-electron chi connectivity index (χ2n) is 4.64. The van der Waals surface area contributed by atoms with Gasteiger partial charge in [0.2, 0.25) is 5.95 Å². The number of carbonyl (C=O) groups excluding carboxylic acids is 1. The van der Waals surface area contributed by atoms with Gasteiger partial charge in [0.25, 0.3) is 0 Å². The molecular weight excluding hydrogens is 268 g/mol. The fourth-order valence-electron chi connectivity index (χ4n) is 2.16. The molecular formula is C15H16N4O2. The number of aromatic amines is 1. The first-order valence-electron chi connectivity index (χ1n) is 6.78. The van der Waals surface area contributed by atoms with E-state index in [1.54, 1.807) is 6.92 Å². The number of hydrogen-bond donors (Lipinski definition) is 2. The smallest absolute Gasteiger partial charge is 0.413 e. The average Bonchev–Trinajstić information content (AvgIpc) is 3.07. The molecule has 0 radical (unpaired) electrons. The van der Waals surface area contributed by atoms with Crippen molar-refractivity contribution in [2.45, 2.75) is 13.5 Å². The zero-order chi connectivity index (χ0) is 14.7. The number of fused-ring (bicyclic) bond motifs is 1. The third-order valence-electron chi connectivity index (χ3n) is 3.07. The van der Waals surface area contributed by atoms with Gasteiger partial charge in [-0.1, -0.05) is 6.07 Å². The molecule has 1 aromatic carbocycles. The Labute approximate surface area is 121 Å². The largest absolute Gasteiger partial charge is 0.450 e. The van der Waals surface area contributed by atoms with Crippen molar-refractivity contribution in [2.24, 2.45) is 0 Å². The predicted octanol–water partition coefficient (Wildman–Crippen LogP) is 2.98. The molecule has 1 amide bonds. The lowest BCUT2D eigenvalue weighted by atomic mass is 10.2. The van der Waals surface area contributed by atoms with Crippen molar-refractivity contribution in [3.8, 4) is 0 Å². The van der Waals surface area contributed by atoms with Crippen LogP contribution < -0.4 is 5.32 Å². The molecule has 0 saturated heterocycles. The van der Waals surface area contributed by atoms with Crippen LogP contribution in [0.1, 0.15) is 12.5 Å². The number of H-pyrrole nitrogens is 1. The molecule has 3 aromatic rings. The van der Waals surface area contributed by atoms with Crippen molar-refractivity contribution in [1.82, 2.24) is 14.5 Å². The summed E-state index contributed by atoms with van der Waals surface area (Å²) >= 11 is 0. The SMILES string of the molecule is CCOC(=O)Nc1nc2ccc(Cn3cccc3)cc2[nH]1. The molecule has 0 saturated carbocycles. The molecule has 108 valence electrons. The normalized spacial score (nSPS) is 10.7. The van der Waals surface area contributed by atoms with Crippen LogP contribution in [0.5, 0.6) is 0 Å². The molecule has 2 aromatic heterocycles. The summed E-state index contributed by atoms with van der Waals surface area (Å²) in [6.07, 6.45) is 3.53. The quantitative estimate of drug-likeness (QED) is 0.773. The first-order valence-corrected chi connectivity index (χ1v) is 6.78. The van der Waals surface area contributed by atoms with Crippen LogP contribution in [-0.4, -0.2) is 27.2 Å². The number of imidazole rings is 1. The lowest BCUT2D eigenvalue weighted by molar-refractivity contribution is 0.167. The van der Waals surface area contributed by atoms with Crippen molar-refractivity contribution in [1.29, 1.82) is 0 Å². The van der Waals surface area contributed by atoms with Crippen molar-refractivity contribution in [2.75, 3.05) is 11.9 Å². The molecule has 2 heterocycles. The molecule has 0 spiro atoms. The number of benzene rings is 1. The molecule has 6 nitrogen and oxygen atoms in total. The first-order chi connectivity index (χ1) is 10.2. The third kappa shape index (κ3) is 3.05. The molecule has 0 aliphatic heterocycles. The summed E-state index contributed by atoms with van der Waals surface area (Å²) in [5.41, 5.74) is 2.84. The second-order valence-corrected chi connectivity index (χ2v) is 4.64. The summed E-state index contributed by atoms with van der Waals surface area (Å²) in [6, 6.07) is 9.98. The van der Waals surface area contributed by atoms with Crippen molar-refractivity contribution < 1.29 is 9.53 Å². The minimum Gasteiger partial charge on any atom is -0.450 e. The van der Waals surface area contributed by atoms with E-state index in [0.29, 0.717) is 12.6 Å². The maximum atomic E-state index is 11.4. The second kappa shape index (κ2) is 5.70. The molecule has 0 aliphatic rings. The van der Waals surface area contributed by atoms with Gasteiger partial charge < -0.3 is 14.3 Å². The number of carbonyl (C=O) groups is 1. The van der Waals surface area contributed by atoms with Gasteiger partial charge in [0.05, 0.1) is 17.6 Å². The molecule has 0 fully saturated rings. The van der Waals surface area contributed by atoms with Gasteiger partial charge in [0.1, 0.15) is 0 Å². The zero-order valence-corrected chi connectivity index (χ0v) is 11.7. The summed E-state index contributed by atoms with van der Waals surface area (Å²) in [7, 11) is 0. The lowest BCUT2D eigenvalue weighted by Crippen LogP contribution is -2.14. The lowest BCUT2D eigenvalue weighted by Gasteiger charge is -2.02. The Kier molecular flexibility index (Phi) is 3.59. The van der Waals surface area contributed by atoms with Crippen molar-refractivity contribution >= 4 is 23.1 Å². The maximum Gasteiger partial charge on any atom is 0.413 e. The number of aromatic nitrogens is 3. The predicted molar refractivity (Wildman–Crippen MR) is 80.3 cm³/mol. The van der Waals surface area contributed by atoms with Gasteiger partial charge in [0, 0.05) is 18.9 Å². The Morgan fingerprint density at radius 1 is 1.38 bits per heavy atom. The number of amides is 1. The van der Waals surface area contributed by atoms with Gasteiger partial charge >= 0.3 is 6.09 Å².